The zero-order valence-corrected chi connectivity index (χ0v) is 12.2. The molecule has 2 atom stereocenters. The number of thioether (sulfide) groups is 1. The van der Waals surface area contributed by atoms with E-state index in [0.717, 1.165) is 10.2 Å². The van der Waals surface area contributed by atoms with Gasteiger partial charge in [0.15, 0.2) is 5.08 Å². The third-order valence-electron chi connectivity index (χ3n) is 3.18. The molecular formula is C10H12N5O3S2+. The van der Waals surface area contributed by atoms with Gasteiger partial charge in [-0.2, -0.15) is 0 Å². The first kappa shape index (κ1) is 13.4. The highest BCUT2D eigenvalue weighted by Crippen LogP contribution is 2.36. The predicted octanol–water partition coefficient (Wildman–Crippen LogP) is -0.581. The van der Waals surface area contributed by atoms with Crippen molar-refractivity contribution in [3.05, 3.63) is 11.8 Å². The molecule has 0 bridgehead atoms. The van der Waals surface area contributed by atoms with E-state index >= 15 is 0 Å². The zero-order valence-electron chi connectivity index (χ0n) is 10.6. The lowest BCUT2D eigenvalue weighted by Crippen LogP contribution is -2.59. The molecule has 1 unspecified atom stereocenters. The number of amides is 1. The molecule has 1 aromatic rings. The van der Waals surface area contributed by atoms with Crippen LogP contribution in [0.2, 0.25) is 0 Å². The van der Waals surface area contributed by atoms with Gasteiger partial charge < -0.3 is 5.11 Å². The van der Waals surface area contributed by atoms with Crippen molar-refractivity contribution in [3.8, 4) is 0 Å². The Balaban J connectivity index is 1.69. The van der Waals surface area contributed by atoms with E-state index in [0.29, 0.717) is 12.2 Å². The van der Waals surface area contributed by atoms with Gasteiger partial charge in [0, 0.05) is 17.9 Å². The Morgan fingerprint density at radius 1 is 1.65 bits per heavy atom. The van der Waals surface area contributed by atoms with Crippen LogP contribution in [0.1, 0.15) is 6.42 Å². The number of carboxylic acids is 1. The van der Waals surface area contributed by atoms with Crippen LogP contribution in [0, 0.1) is 0 Å². The number of aromatic nitrogens is 4. The third kappa shape index (κ3) is 2.18. The van der Waals surface area contributed by atoms with Crippen LogP contribution < -0.4 is 0 Å². The Morgan fingerprint density at radius 2 is 2.45 bits per heavy atom. The molecule has 1 aromatic heterocycles. The normalized spacial score (nSPS) is 24.9. The van der Waals surface area contributed by atoms with Gasteiger partial charge in [-0.05, 0) is 28.3 Å². The molecule has 0 aliphatic carbocycles. The molecular weight excluding hydrogens is 302 g/mol. The summed E-state index contributed by atoms with van der Waals surface area (Å²) in [4.78, 5) is 24.1. The van der Waals surface area contributed by atoms with Gasteiger partial charge in [-0.1, -0.05) is 0 Å². The summed E-state index contributed by atoms with van der Waals surface area (Å²) < 4.78 is 1.60. The highest BCUT2D eigenvalue weighted by Gasteiger charge is 2.53. The van der Waals surface area contributed by atoms with Crippen LogP contribution in [-0.4, -0.2) is 58.3 Å². The summed E-state index contributed by atoms with van der Waals surface area (Å²) in [6.07, 6.45) is 2.08. The van der Waals surface area contributed by atoms with Crippen molar-refractivity contribution in [1.29, 1.82) is 0 Å². The molecule has 0 saturated carbocycles. The number of carbonyl (C=O) groups excluding carboxylic acids is 1. The summed E-state index contributed by atoms with van der Waals surface area (Å²) in [6.45, 7) is 0. The van der Waals surface area contributed by atoms with E-state index in [1.807, 2.05) is 0 Å². The van der Waals surface area contributed by atoms with Crippen LogP contribution in [0.3, 0.4) is 0 Å². The maximum atomic E-state index is 11.6. The maximum Gasteiger partial charge on any atom is 0.352 e. The Kier molecular flexibility index (Phi) is 3.42. The Hall–Kier alpha value is -1.55. The van der Waals surface area contributed by atoms with Crippen LogP contribution in [0.4, 0.5) is 0 Å². The number of rotatable bonds is 4. The fourth-order valence-electron chi connectivity index (χ4n) is 2.13. The summed E-state index contributed by atoms with van der Waals surface area (Å²) in [5, 5.41) is 21.8. The van der Waals surface area contributed by atoms with E-state index < -0.39 is 5.97 Å². The molecule has 10 heteroatoms. The van der Waals surface area contributed by atoms with Gasteiger partial charge in [0.25, 0.3) is 0 Å². The van der Waals surface area contributed by atoms with Crippen molar-refractivity contribution in [2.24, 2.45) is 7.05 Å². The molecule has 1 fully saturated rings. The van der Waals surface area contributed by atoms with E-state index in [4.69, 9.17) is 5.11 Å². The lowest BCUT2D eigenvalue weighted by molar-refractivity contribution is -0.146. The Morgan fingerprint density at radius 3 is 3.05 bits per heavy atom. The van der Waals surface area contributed by atoms with Crippen molar-refractivity contribution in [3.63, 3.8) is 0 Å². The van der Waals surface area contributed by atoms with Crippen molar-refractivity contribution in [2.75, 3.05) is 10.8 Å². The van der Waals surface area contributed by atoms with Gasteiger partial charge >= 0.3 is 5.97 Å². The summed E-state index contributed by atoms with van der Waals surface area (Å²) in [6, 6.07) is 0. The monoisotopic (exact) mass is 314 g/mol. The highest BCUT2D eigenvalue weighted by molar-refractivity contribution is 8.14. The number of hydrogen-bond acceptors (Lipinski definition) is 6. The van der Waals surface area contributed by atoms with Crippen molar-refractivity contribution in [1.82, 2.24) is 25.1 Å². The standard InChI is InChI=1S/C10H11N5O3S2/c1-14-10(11-12-13-14)19-5-20-3-2-6(9(17)18)15-7(16)4-8(15)20/h2,8H,3-5H2,1H3/p+1/t8-,20?/m1/s1. The number of carbonyl (C=O) groups is 2. The molecule has 0 spiro atoms. The average Bonchev–Trinajstić information content (AvgIpc) is 2.80. The Bertz CT molecular complexity index is 601. The second kappa shape index (κ2) is 5.09. The summed E-state index contributed by atoms with van der Waals surface area (Å²) >= 11 is 1.54. The average molecular weight is 314 g/mol. The minimum atomic E-state index is -1.03. The van der Waals surface area contributed by atoms with E-state index in [1.54, 1.807) is 17.8 Å². The molecule has 0 aromatic carbocycles. The summed E-state index contributed by atoms with van der Waals surface area (Å²) in [5.74, 6) is -0.448. The predicted molar refractivity (Wildman–Crippen MR) is 72.7 cm³/mol. The number of aliphatic carboxylic acids is 1. The molecule has 106 valence electrons. The summed E-state index contributed by atoms with van der Waals surface area (Å²) in [5.41, 5.74) is 0.125. The maximum absolute atomic E-state index is 11.6. The van der Waals surface area contributed by atoms with Gasteiger partial charge in [0.2, 0.25) is 16.4 Å². The first-order chi connectivity index (χ1) is 9.58. The molecule has 1 N–H and O–H groups in total. The zero-order chi connectivity index (χ0) is 14.3. The second-order valence-electron chi connectivity index (χ2n) is 4.37. The lowest BCUT2D eigenvalue weighted by atomic mass is 10.1. The molecule has 0 radical (unpaired) electrons. The van der Waals surface area contributed by atoms with Gasteiger partial charge in [0.1, 0.15) is 11.4 Å². The second-order valence-corrected chi connectivity index (χ2v) is 7.92. The molecule has 1 saturated heterocycles. The number of tetrazole rings is 1. The van der Waals surface area contributed by atoms with Crippen LogP contribution >= 0.6 is 11.8 Å². The van der Waals surface area contributed by atoms with Crippen LogP contribution in [-0.2, 0) is 27.5 Å². The first-order valence-electron chi connectivity index (χ1n) is 5.85. The molecule has 8 nitrogen and oxygen atoms in total. The van der Waals surface area contributed by atoms with Gasteiger partial charge in [-0.25, -0.2) is 9.48 Å². The topological polar surface area (TPSA) is 101 Å². The summed E-state index contributed by atoms with van der Waals surface area (Å²) in [7, 11) is 1.71. The lowest BCUT2D eigenvalue weighted by Gasteiger charge is -2.40. The van der Waals surface area contributed by atoms with Crippen LogP contribution in [0.5, 0.6) is 0 Å². The largest absolute Gasteiger partial charge is 0.477 e. The molecule has 3 heterocycles. The minimum Gasteiger partial charge on any atom is -0.477 e. The highest BCUT2D eigenvalue weighted by atomic mass is 32.2. The van der Waals surface area contributed by atoms with Gasteiger partial charge in [0.05, 0.1) is 6.42 Å². The van der Waals surface area contributed by atoms with E-state index in [-0.39, 0.29) is 27.9 Å². The molecule has 20 heavy (non-hydrogen) atoms. The van der Waals surface area contributed by atoms with E-state index in [9.17, 15) is 9.59 Å². The molecule has 2 aliphatic rings. The van der Waals surface area contributed by atoms with Gasteiger partial charge in [-0.15, -0.1) is 5.10 Å². The number of β-lactam (4-membered cyclic amide) rings is 1. The van der Waals surface area contributed by atoms with Crippen LogP contribution in [0.25, 0.3) is 0 Å². The molecule has 3 rings (SSSR count). The first-order valence-corrected chi connectivity index (χ1v) is 8.46. The van der Waals surface area contributed by atoms with E-state index in [1.165, 1.54) is 16.7 Å². The number of hydrogen-bond donors (Lipinski definition) is 1. The smallest absolute Gasteiger partial charge is 0.352 e. The fraction of sp³-hybridized carbons (Fsp3) is 0.500. The number of carboxylic acid groups (broad SMARTS) is 1. The van der Waals surface area contributed by atoms with Gasteiger partial charge in [-0.3, -0.25) is 9.69 Å². The van der Waals surface area contributed by atoms with Crippen LogP contribution in [0.15, 0.2) is 16.9 Å². The fourth-order valence-corrected chi connectivity index (χ4v) is 5.99. The van der Waals surface area contributed by atoms with E-state index in [2.05, 4.69) is 15.5 Å². The Labute approximate surface area is 121 Å². The molecule has 2 aliphatic heterocycles. The van der Waals surface area contributed by atoms with Crippen molar-refractivity contribution >= 4 is 34.5 Å². The molecule has 1 amide bonds. The number of fused-ring (bicyclic) bond motifs is 1. The number of nitrogens with zero attached hydrogens (tertiary/aromatic N) is 5. The minimum absolute atomic E-state index is 0.0206. The quantitative estimate of drug-likeness (QED) is 0.450. The van der Waals surface area contributed by atoms with Crippen molar-refractivity contribution in [2.45, 2.75) is 17.0 Å². The van der Waals surface area contributed by atoms with Crippen molar-refractivity contribution < 1.29 is 14.7 Å². The third-order valence-corrected chi connectivity index (χ3v) is 7.21. The number of aryl methyl sites for hydroxylation is 1. The SMILES string of the molecule is Cn1nnnc1SC[S+]1CC=C(C(=O)O)N2C(=O)C[C@H]21.